The van der Waals surface area contributed by atoms with Gasteiger partial charge in [0, 0.05) is 11.6 Å². The highest BCUT2D eigenvalue weighted by Crippen LogP contribution is 2.09. The Balaban J connectivity index is 2.47. The predicted molar refractivity (Wildman–Crippen MR) is 75.0 cm³/mol. The average molecular weight is 315 g/mol. The molecular weight excluding hydrogens is 300 g/mol. The second-order valence-electron chi connectivity index (χ2n) is 4.34. The summed E-state index contributed by atoms with van der Waals surface area (Å²) in [5.41, 5.74) is 0.829. The third kappa shape index (κ3) is 7.28. The van der Waals surface area contributed by atoms with Gasteiger partial charge in [-0.2, -0.15) is 0 Å². The first kappa shape index (κ1) is 16.9. The van der Waals surface area contributed by atoms with Crippen molar-refractivity contribution in [1.29, 1.82) is 0 Å². The molecule has 0 unspecified atom stereocenters. The van der Waals surface area contributed by atoms with Gasteiger partial charge in [0.1, 0.15) is 0 Å². The quantitative estimate of drug-likeness (QED) is 0.642. The molecule has 0 spiro atoms. The van der Waals surface area contributed by atoms with Gasteiger partial charge in [-0.3, -0.25) is 19.3 Å². The number of halogens is 1. The van der Waals surface area contributed by atoms with Gasteiger partial charge in [-0.25, -0.2) is 0 Å². The lowest BCUT2D eigenvalue weighted by Gasteiger charge is -2.17. The van der Waals surface area contributed by atoms with Crippen molar-refractivity contribution < 1.29 is 24.6 Å². The van der Waals surface area contributed by atoms with Crippen LogP contribution < -0.4 is 5.32 Å². The summed E-state index contributed by atoms with van der Waals surface area (Å²) >= 11 is 5.73. The van der Waals surface area contributed by atoms with Gasteiger partial charge < -0.3 is 15.5 Å². The van der Waals surface area contributed by atoms with Crippen LogP contribution >= 0.6 is 11.6 Å². The maximum atomic E-state index is 11.7. The van der Waals surface area contributed by atoms with E-state index < -0.39 is 30.9 Å². The van der Waals surface area contributed by atoms with E-state index in [1.54, 1.807) is 24.3 Å². The molecule has 0 bridgehead atoms. The number of carbonyl (C=O) groups is 3. The Labute approximate surface area is 126 Å². The number of nitrogens with one attached hydrogen (secondary N) is 1. The summed E-state index contributed by atoms with van der Waals surface area (Å²) in [5, 5.41) is 20.5. The topological polar surface area (TPSA) is 107 Å². The molecule has 114 valence electrons. The zero-order valence-electron chi connectivity index (χ0n) is 11.1. The number of benzene rings is 1. The van der Waals surface area contributed by atoms with E-state index in [9.17, 15) is 14.4 Å². The Bertz CT molecular complexity index is 502. The van der Waals surface area contributed by atoms with Crippen LogP contribution in [0.5, 0.6) is 0 Å². The second-order valence-corrected chi connectivity index (χ2v) is 4.77. The number of hydrogen-bond acceptors (Lipinski definition) is 4. The number of carboxylic acid groups (broad SMARTS) is 2. The molecule has 0 saturated heterocycles. The first-order valence-electron chi connectivity index (χ1n) is 6.04. The van der Waals surface area contributed by atoms with Gasteiger partial charge in [0.05, 0.1) is 19.6 Å². The third-order valence-electron chi connectivity index (χ3n) is 2.49. The fraction of sp³-hybridized carbons (Fsp3) is 0.308. The minimum atomic E-state index is -1.19. The van der Waals surface area contributed by atoms with Crippen LogP contribution in [0, 0.1) is 0 Å². The Kier molecular flexibility index (Phi) is 6.64. The standard InChI is InChI=1S/C13H15ClN2O5/c14-10-3-1-9(2-4-10)5-15-11(17)6-16(7-12(18)19)8-13(20)21/h1-4H,5-8H2,(H,15,17)(H,18,19)(H,20,21). The minimum absolute atomic E-state index is 0.254. The van der Waals surface area contributed by atoms with E-state index in [-0.39, 0.29) is 13.1 Å². The molecule has 0 aliphatic carbocycles. The number of carbonyl (C=O) groups excluding carboxylic acids is 1. The van der Waals surface area contributed by atoms with Crippen LogP contribution in [0.1, 0.15) is 5.56 Å². The molecule has 7 nitrogen and oxygen atoms in total. The van der Waals surface area contributed by atoms with Crippen molar-refractivity contribution in [3.8, 4) is 0 Å². The van der Waals surface area contributed by atoms with E-state index in [0.717, 1.165) is 10.5 Å². The molecular formula is C13H15ClN2O5. The highest BCUT2D eigenvalue weighted by atomic mass is 35.5. The molecule has 21 heavy (non-hydrogen) atoms. The first-order chi connectivity index (χ1) is 9.86. The normalized spacial score (nSPS) is 10.4. The van der Waals surface area contributed by atoms with Crippen LogP contribution in [-0.4, -0.2) is 52.6 Å². The van der Waals surface area contributed by atoms with Gasteiger partial charge in [0.2, 0.25) is 5.91 Å². The maximum absolute atomic E-state index is 11.7. The molecule has 0 radical (unpaired) electrons. The summed E-state index contributed by atoms with van der Waals surface area (Å²) in [4.78, 5) is 33.9. The van der Waals surface area contributed by atoms with Crippen LogP contribution in [0.2, 0.25) is 5.02 Å². The number of nitrogens with zero attached hydrogens (tertiary/aromatic N) is 1. The molecule has 0 aliphatic heterocycles. The van der Waals surface area contributed by atoms with Gasteiger partial charge in [-0.1, -0.05) is 23.7 Å². The summed E-state index contributed by atoms with van der Waals surface area (Å²) in [5.74, 6) is -2.84. The van der Waals surface area contributed by atoms with Crippen molar-refractivity contribution in [2.45, 2.75) is 6.54 Å². The number of amides is 1. The first-order valence-corrected chi connectivity index (χ1v) is 6.41. The highest BCUT2D eigenvalue weighted by Gasteiger charge is 2.16. The van der Waals surface area contributed by atoms with Crippen molar-refractivity contribution >= 4 is 29.4 Å². The van der Waals surface area contributed by atoms with E-state index in [0.29, 0.717) is 5.02 Å². The van der Waals surface area contributed by atoms with E-state index in [2.05, 4.69) is 5.32 Å². The van der Waals surface area contributed by atoms with Gasteiger partial charge in [0.25, 0.3) is 0 Å². The molecule has 0 saturated carbocycles. The molecule has 1 aromatic carbocycles. The monoisotopic (exact) mass is 314 g/mol. The van der Waals surface area contributed by atoms with Crippen molar-refractivity contribution in [1.82, 2.24) is 10.2 Å². The molecule has 8 heteroatoms. The van der Waals surface area contributed by atoms with Crippen LogP contribution in [0.3, 0.4) is 0 Å². The van der Waals surface area contributed by atoms with Gasteiger partial charge in [-0.05, 0) is 17.7 Å². The van der Waals surface area contributed by atoms with Crippen LogP contribution in [0.15, 0.2) is 24.3 Å². The van der Waals surface area contributed by atoms with Crippen molar-refractivity contribution in [2.24, 2.45) is 0 Å². The summed E-state index contributed by atoms with van der Waals surface area (Å²) in [6.07, 6.45) is 0. The summed E-state index contributed by atoms with van der Waals surface area (Å²) < 4.78 is 0. The molecule has 1 rings (SSSR count). The fourth-order valence-electron chi connectivity index (χ4n) is 1.61. The zero-order chi connectivity index (χ0) is 15.8. The molecule has 0 aromatic heterocycles. The summed E-state index contributed by atoms with van der Waals surface area (Å²) in [6, 6.07) is 6.86. The number of carboxylic acids is 2. The van der Waals surface area contributed by atoms with Crippen LogP contribution in [-0.2, 0) is 20.9 Å². The van der Waals surface area contributed by atoms with Gasteiger partial charge in [0.15, 0.2) is 0 Å². The molecule has 3 N–H and O–H groups in total. The lowest BCUT2D eigenvalue weighted by atomic mass is 10.2. The number of hydrogen-bond donors (Lipinski definition) is 3. The van der Waals surface area contributed by atoms with Crippen molar-refractivity contribution in [3.63, 3.8) is 0 Å². The average Bonchev–Trinajstić information content (AvgIpc) is 2.36. The molecule has 1 amide bonds. The van der Waals surface area contributed by atoms with E-state index in [1.165, 1.54) is 0 Å². The lowest BCUT2D eigenvalue weighted by molar-refractivity contribution is -0.142. The van der Waals surface area contributed by atoms with Crippen LogP contribution in [0.25, 0.3) is 0 Å². The fourth-order valence-corrected chi connectivity index (χ4v) is 1.74. The Hall–Kier alpha value is -2.12. The van der Waals surface area contributed by atoms with E-state index in [1.807, 2.05) is 0 Å². The molecule has 0 heterocycles. The van der Waals surface area contributed by atoms with E-state index >= 15 is 0 Å². The molecule has 0 fully saturated rings. The largest absolute Gasteiger partial charge is 0.480 e. The summed E-state index contributed by atoms with van der Waals surface area (Å²) in [7, 11) is 0. The third-order valence-corrected chi connectivity index (χ3v) is 2.74. The zero-order valence-corrected chi connectivity index (χ0v) is 11.8. The van der Waals surface area contributed by atoms with Crippen LogP contribution in [0.4, 0.5) is 0 Å². The molecule has 0 atom stereocenters. The summed E-state index contributed by atoms with van der Waals surface area (Å²) in [6.45, 7) is -1.07. The molecule has 0 aliphatic rings. The molecule has 1 aromatic rings. The van der Waals surface area contributed by atoms with Gasteiger partial charge in [-0.15, -0.1) is 0 Å². The van der Waals surface area contributed by atoms with E-state index in [4.69, 9.17) is 21.8 Å². The Morgan fingerprint density at radius 2 is 1.52 bits per heavy atom. The Morgan fingerprint density at radius 3 is 2.00 bits per heavy atom. The second kappa shape index (κ2) is 8.23. The maximum Gasteiger partial charge on any atom is 0.317 e. The SMILES string of the molecule is O=C(O)CN(CC(=O)O)CC(=O)NCc1ccc(Cl)cc1. The Morgan fingerprint density at radius 1 is 1.00 bits per heavy atom. The smallest absolute Gasteiger partial charge is 0.317 e. The predicted octanol–water partition coefficient (Wildman–Crippen LogP) is 0.427. The number of aliphatic carboxylic acids is 2. The van der Waals surface area contributed by atoms with Crippen molar-refractivity contribution in [2.75, 3.05) is 19.6 Å². The highest BCUT2D eigenvalue weighted by molar-refractivity contribution is 6.30. The number of rotatable bonds is 8. The lowest BCUT2D eigenvalue weighted by Crippen LogP contribution is -2.42. The van der Waals surface area contributed by atoms with Crippen molar-refractivity contribution in [3.05, 3.63) is 34.9 Å². The van der Waals surface area contributed by atoms with Gasteiger partial charge >= 0.3 is 11.9 Å². The minimum Gasteiger partial charge on any atom is -0.480 e.